The monoisotopic (exact) mass is 548 g/mol. The Morgan fingerprint density at radius 2 is 1.62 bits per heavy atom. The van der Waals surface area contributed by atoms with Crippen molar-refractivity contribution in [1.29, 1.82) is 0 Å². The zero-order chi connectivity index (χ0) is 27.6. The lowest BCUT2D eigenvalue weighted by molar-refractivity contribution is -0.134. The number of carbonyl (C=O) groups excluding carboxylic acids is 2. The largest absolute Gasteiger partial charge is 0.341 e. The van der Waals surface area contributed by atoms with Crippen molar-refractivity contribution in [2.45, 2.75) is 44.0 Å². The number of rotatable bonds is 7. The van der Waals surface area contributed by atoms with Gasteiger partial charge in [-0.15, -0.1) is 0 Å². The maximum atomic E-state index is 13.6. The molecule has 5 rings (SSSR count). The summed E-state index contributed by atoms with van der Waals surface area (Å²) in [6, 6.07) is 17.5. The SMILES string of the molecule is Cc1ccccc1C(=O)Nc1ccc(S(=O)(=O)NC2CCN(C(=O)CN3CCCC3)CC2C)c2ccccc12. The number of carbonyl (C=O) groups is 2. The first-order chi connectivity index (χ1) is 18.7. The van der Waals surface area contributed by atoms with E-state index in [0.717, 1.165) is 31.5 Å². The molecule has 0 aliphatic carbocycles. The van der Waals surface area contributed by atoms with E-state index >= 15 is 0 Å². The standard InChI is InChI=1S/C30H36N4O4S/c1-21-9-3-4-10-23(21)30(36)31-27-13-14-28(25-12-6-5-11-24(25)27)39(37,38)32-26-15-18-34(19-22(26)2)29(35)20-33-16-7-8-17-33/h3-6,9-14,22,26,32H,7-8,15-20H2,1-2H3,(H,31,36). The molecule has 3 aromatic rings. The molecule has 9 heteroatoms. The van der Waals surface area contributed by atoms with Gasteiger partial charge in [0.05, 0.1) is 11.4 Å². The minimum absolute atomic E-state index is 0.0185. The van der Waals surface area contributed by atoms with Crippen LogP contribution in [0.3, 0.4) is 0 Å². The van der Waals surface area contributed by atoms with Gasteiger partial charge in [0, 0.05) is 41.2 Å². The molecule has 0 bridgehead atoms. The number of sulfonamides is 1. The zero-order valence-corrected chi connectivity index (χ0v) is 23.3. The van der Waals surface area contributed by atoms with Crippen LogP contribution in [0, 0.1) is 12.8 Å². The number of likely N-dealkylation sites (tertiary alicyclic amines) is 2. The summed E-state index contributed by atoms with van der Waals surface area (Å²) in [4.78, 5) is 30.0. The summed E-state index contributed by atoms with van der Waals surface area (Å²) in [6.07, 6.45) is 2.85. The number of hydrogen-bond acceptors (Lipinski definition) is 5. The van der Waals surface area contributed by atoms with E-state index in [9.17, 15) is 18.0 Å². The summed E-state index contributed by atoms with van der Waals surface area (Å²) in [7, 11) is -3.85. The van der Waals surface area contributed by atoms with Crippen molar-refractivity contribution in [3.8, 4) is 0 Å². The number of fused-ring (bicyclic) bond motifs is 1. The minimum Gasteiger partial charge on any atom is -0.341 e. The van der Waals surface area contributed by atoms with Gasteiger partial charge in [-0.05, 0) is 69.0 Å². The second-order valence-corrected chi connectivity index (χ2v) is 12.4. The van der Waals surface area contributed by atoms with Crippen molar-refractivity contribution in [2.24, 2.45) is 5.92 Å². The van der Waals surface area contributed by atoms with Crippen LogP contribution in [-0.4, -0.2) is 68.8 Å². The summed E-state index contributed by atoms with van der Waals surface area (Å²) in [5.74, 6) is -0.138. The van der Waals surface area contributed by atoms with E-state index < -0.39 is 10.0 Å². The van der Waals surface area contributed by atoms with Gasteiger partial charge in [0.2, 0.25) is 15.9 Å². The van der Waals surface area contributed by atoms with Gasteiger partial charge in [0.25, 0.3) is 5.91 Å². The fourth-order valence-electron chi connectivity index (χ4n) is 5.67. The molecule has 2 amide bonds. The Kier molecular flexibility index (Phi) is 8.02. The van der Waals surface area contributed by atoms with Gasteiger partial charge in [-0.2, -0.15) is 0 Å². The number of hydrogen-bond donors (Lipinski definition) is 2. The van der Waals surface area contributed by atoms with Gasteiger partial charge in [0.1, 0.15) is 0 Å². The molecule has 2 atom stereocenters. The van der Waals surface area contributed by atoms with Gasteiger partial charge in [-0.25, -0.2) is 13.1 Å². The van der Waals surface area contributed by atoms with Gasteiger partial charge >= 0.3 is 0 Å². The van der Waals surface area contributed by atoms with E-state index in [2.05, 4.69) is 14.9 Å². The van der Waals surface area contributed by atoms with Crippen LogP contribution in [0.25, 0.3) is 10.8 Å². The molecule has 2 aliphatic rings. The van der Waals surface area contributed by atoms with Gasteiger partial charge in [-0.3, -0.25) is 14.5 Å². The molecular weight excluding hydrogens is 512 g/mol. The molecule has 2 N–H and O–H groups in total. The lowest BCUT2D eigenvalue weighted by atomic mass is 9.95. The summed E-state index contributed by atoms with van der Waals surface area (Å²) in [5, 5.41) is 4.15. The normalized spacial score (nSPS) is 20.3. The Morgan fingerprint density at radius 1 is 0.923 bits per heavy atom. The molecule has 2 fully saturated rings. The third-order valence-electron chi connectivity index (χ3n) is 7.93. The smallest absolute Gasteiger partial charge is 0.255 e. The van der Waals surface area contributed by atoms with E-state index in [-0.39, 0.29) is 28.7 Å². The highest BCUT2D eigenvalue weighted by Gasteiger charge is 2.33. The molecule has 2 saturated heterocycles. The number of nitrogens with zero attached hydrogens (tertiary/aromatic N) is 2. The van der Waals surface area contributed by atoms with E-state index in [1.165, 1.54) is 0 Å². The summed E-state index contributed by atoms with van der Waals surface area (Å²) in [6.45, 7) is 7.33. The van der Waals surface area contributed by atoms with Crippen molar-refractivity contribution in [3.63, 3.8) is 0 Å². The highest BCUT2D eigenvalue weighted by molar-refractivity contribution is 7.89. The van der Waals surface area contributed by atoms with Crippen LogP contribution in [0.2, 0.25) is 0 Å². The summed E-state index contributed by atoms with van der Waals surface area (Å²) >= 11 is 0. The number of nitrogens with one attached hydrogen (secondary N) is 2. The molecular formula is C30H36N4O4S. The van der Waals surface area contributed by atoms with Crippen LogP contribution in [0.15, 0.2) is 65.6 Å². The molecule has 0 spiro atoms. The number of benzene rings is 3. The Bertz CT molecular complexity index is 1480. The molecule has 206 valence electrons. The van der Waals surface area contributed by atoms with Gasteiger partial charge in [-0.1, -0.05) is 49.4 Å². The van der Waals surface area contributed by atoms with Crippen LogP contribution in [0.4, 0.5) is 5.69 Å². The first-order valence-electron chi connectivity index (χ1n) is 13.6. The molecule has 2 unspecified atom stereocenters. The first kappa shape index (κ1) is 27.3. The van der Waals surface area contributed by atoms with Crippen molar-refractivity contribution < 1.29 is 18.0 Å². The lowest BCUT2D eigenvalue weighted by Crippen LogP contribution is -2.53. The molecule has 0 saturated carbocycles. The Morgan fingerprint density at radius 3 is 2.33 bits per heavy atom. The summed E-state index contributed by atoms with van der Waals surface area (Å²) in [5.41, 5.74) is 1.98. The predicted octanol–water partition coefficient (Wildman–Crippen LogP) is 4.01. The fraction of sp³-hybridized carbons (Fsp3) is 0.400. The van der Waals surface area contributed by atoms with Crippen LogP contribution in [0.1, 0.15) is 42.1 Å². The average molecular weight is 549 g/mol. The second kappa shape index (κ2) is 11.5. The average Bonchev–Trinajstić information content (AvgIpc) is 3.43. The van der Waals surface area contributed by atoms with Crippen LogP contribution < -0.4 is 10.0 Å². The first-order valence-corrected chi connectivity index (χ1v) is 15.1. The van der Waals surface area contributed by atoms with Gasteiger partial charge in [0.15, 0.2) is 0 Å². The molecule has 8 nitrogen and oxygen atoms in total. The molecule has 0 aromatic heterocycles. The molecule has 3 aromatic carbocycles. The highest BCUT2D eigenvalue weighted by Crippen LogP contribution is 2.31. The zero-order valence-electron chi connectivity index (χ0n) is 22.5. The quantitative estimate of drug-likeness (QED) is 0.465. The molecule has 2 heterocycles. The highest BCUT2D eigenvalue weighted by atomic mass is 32.2. The maximum Gasteiger partial charge on any atom is 0.255 e. The van der Waals surface area contributed by atoms with Crippen LogP contribution in [0.5, 0.6) is 0 Å². The van der Waals surface area contributed by atoms with Crippen molar-refractivity contribution in [3.05, 3.63) is 71.8 Å². The molecule has 39 heavy (non-hydrogen) atoms. The minimum atomic E-state index is -3.85. The van der Waals surface area contributed by atoms with Crippen LogP contribution >= 0.6 is 0 Å². The molecule has 0 radical (unpaired) electrons. The third-order valence-corrected chi connectivity index (χ3v) is 9.48. The summed E-state index contributed by atoms with van der Waals surface area (Å²) < 4.78 is 30.2. The van der Waals surface area contributed by atoms with Crippen molar-refractivity contribution >= 4 is 38.3 Å². The number of aryl methyl sites for hydroxylation is 1. The number of piperidine rings is 1. The predicted molar refractivity (Wildman–Crippen MR) is 153 cm³/mol. The van der Waals surface area contributed by atoms with E-state index in [0.29, 0.717) is 48.1 Å². The lowest BCUT2D eigenvalue weighted by Gasteiger charge is -2.37. The topological polar surface area (TPSA) is 98.8 Å². The molecule has 2 aliphatic heterocycles. The fourth-order valence-corrected chi connectivity index (χ4v) is 7.26. The second-order valence-electron chi connectivity index (χ2n) is 10.7. The van der Waals surface area contributed by atoms with E-state index in [4.69, 9.17) is 0 Å². The Labute approximate surface area is 230 Å². The van der Waals surface area contributed by atoms with Crippen LogP contribution in [-0.2, 0) is 14.8 Å². The maximum absolute atomic E-state index is 13.6. The van der Waals surface area contributed by atoms with Crippen molar-refractivity contribution in [2.75, 3.05) is 38.0 Å². The third kappa shape index (κ3) is 6.00. The van der Waals surface area contributed by atoms with E-state index in [1.807, 2.05) is 49.1 Å². The van der Waals surface area contributed by atoms with Gasteiger partial charge < -0.3 is 10.2 Å². The number of anilines is 1. The number of amides is 2. The Balaban J connectivity index is 1.31. The van der Waals surface area contributed by atoms with E-state index in [1.54, 1.807) is 30.3 Å². The van der Waals surface area contributed by atoms with Crippen molar-refractivity contribution in [1.82, 2.24) is 14.5 Å². The Hall–Kier alpha value is -3.27.